The molecule has 0 N–H and O–H groups in total. The molecule has 9 heteroatoms. The van der Waals surface area contributed by atoms with Crippen LogP contribution in [0.4, 0.5) is 0 Å². The van der Waals surface area contributed by atoms with Crippen molar-refractivity contribution in [3.8, 4) is 23.0 Å². The van der Waals surface area contributed by atoms with Crippen molar-refractivity contribution in [2.75, 3.05) is 5.33 Å². The van der Waals surface area contributed by atoms with Crippen LogP contribution in [0.3, 0.4) is 0 Å². The lowest BCUT2D eigenvalue weighted by Gasteiger charge is -2.08. The molecule has 0 unspecified atom stereocenters. The molecule has 0 saturated carbocycles. The highest BCUT2D eigenvalue weighted by Crippen LogP contribution is 2.29. The van der Waals surface area contributed by atoms with Crippen LogP contribution in [0.2, 0.25) is 20.1 Å². The summed E-state index contributed by atoms with van der Waals surface area (Å²) in [7, 11) is 0. The molecule has 37 heavy (non-hydrogen) atoms. The van der Waals surface area contributed by atoms with Gasteiger partial charge in [0.2, 0.25) is 0 Å². The van der Waals surface area contributed by atoms with Crippen LogP contribution in [0, 0.1) is 0 Å². The molecule has 0 aliphatic carbocycles. The Morgan fingerprint density at radius 3 is 1.35 bits per heavy atom. The molecule has 0 heterocycles. The van der Waals surface area contributed by atoms with Gasteiger partial charge in [-0.3, -0.25) is 9.59 Å². The van der Waals surface area contributed by atoms with Gasteiger partial charge in [0.1, 0.15) is 23.0 Å². The second-order valence-electron chi connectivity index (χ2n) is 7.51. The zero-order valence-corrected chi connectivity index (χ0v) is 23.9. The summed E-state index contributed by atoms with van der Waals surface area (Å²) in [4.78, 5) is 22.8. The minimum atomic E-state index is -0.0713. The number of halogens is 5. The maximum absolute atomic E-state index is 11.6. The summed E-state index contributed by atoms with van der Waals surface area (Å²) in [6.45, 7) is 1.47. The fourth-order valence-corrected chi connectivity index (χ4v) is 4.11. The van der Waals surface area contributed by atoms with Crippen LogP contribution in [-0.2, 0) is 0 Å². The van der Waals surface area contributed by atoms with E-state index in [1.165, 1.54) is 6.92 Å². The van der Waals surface area contributed by atoms with Crippen molar-refractivity contribution in [2.45, 2.75) is 6.92 Å². The van der Waals surface area contributed by atoms with Gasteiger partial charge in [-0.15, -0.1) is 0 Å². The van der Waals surface area contributed by atoms with Gasteiger partial charge >= 0.3 is 0 Å². The van der Waals surface area contributed by atoms with Gasteiger partial charge in [-0.1, -0.05) is 62.3 Å². The summed E-state index contributed by atoms with van der Waals surface area (Å²) in [6.07, 6.45) is 0. The molecule has 0 atom stereocenters. The number of carbonyl (C=O) groups excluding carboxylic acids is 2. The number of benzene rings is 4. The van der Waals surface area contributed by atoms with Crippen molar-refractivity contribution in [2.24, 2.45) is 0 Å². The topological polar surface area (TPSA) is 52.6 Å². The Kier molecular flexibility index (Phi) is 10.9. The molecule has 190 valence electrons. The Morgan fingerprint density at radius 1 is 0.622 bits per heavy atom. The second kappa shape index (κ2) is 13.8. The molecule has 4 aromatic carbocycles. The number of hydrogen-bond acceptors (Lipinski definition) is 4. The van der Waals surface area contributed by atoms with Crippen molar-refractivity contribution < 1.29 is 19.1 Å². The van der Waals surface area contributed by atoms with E-state index in [9.17, 15) is 9.59 Å². The summed E-state index contributed by atoms with van der Waals surface area (Å²) >= 11 is 26.7. The summed E-state index contributed by atoms with van der Waals surface area (Å²) in [6, 6.07) is 23.9. The van der Waals surface area contributed by atoms with E-state index in [0.29, 0.717) is 54.2 Å². The molecule has 0 saturated heterocycles. The minimum absolute atomic E-state index is 0.0666. The van der Waals surface area contributed by atoms with Crippen LogP contribution >= 0.6 is 62.3 Å². The molecule has 4 aromatic rings. The normalized spacial score (nSPS) is 10.2. The first kappa shape index (κ1) is 29.0. The molecule has 0 aliphatic rings. The van der Waals surface area contributed by atoms with E-state index in [1.54, 1.807) is 84.9 Å². The van der Waals surface area contributed by atoms with Crippen LogP contribution in [0.15, 0.2) is 84.9 Å². The first-order chi connectivity index (χ1) is 17.7. The molecule has 4 rings (SSSR count). The third kappa shape index (κ3) is 8.77. The Morgan fingerprint density at radius 2 is 1.00 bits per heavy atom. The van der Waals surface area contributed by atoms with Crippen LogP contribution in [0.1, 0.15) is 27.6 Å². The molecule has 0 aromatic heterocycles. The van der Waals surface area contributed by atoms with E-state index in [1.807, 2.05) is 0 Å². The molecule has 0 spiro atoms. The van der Waals surface area contributed by atoms with E-state index in [4.69, 9.17) is 55.9 Å². The van der Waals surface area contributed by atoms with Crippen LogP contribution in [0.5, 0.6) is 23.0 Å². The second-order valence-corrected chi connectivity index (χ2v) is 9.76. The number of rotatable bonds is 7. The molecule has 4 nitrogen and oxygen atoms in total. The van der Waals surface area contributed by atoms with E-state index >= 15 is 0 Å². The summed E-state index contributed by atoms with van der Waals surface area (Å²) in [5.74, 6) is 2.32. The summed E-state index contributed by atoms with van der Waals surface area (Å²) < 4.78 is 11.2. The summed E-state index contributed by atoms with van der Waals surface area (Å²) in [5, 5.41) is 2.28. The highest BCUT2D eigenvalue weighted by atomic mass is 79.9. The predicted octanol–water partition coefficient (Wildman–Crippen LogP) is 10.4. The molecule has 0 aliphatic heterocycles. The smallest absolute Gasteiger partial charge is 0.174 e. The molecule has 0 radical (unpaired) electrons. The Balaban J connectivity index is 0.000000206. The Hall–Kier alpha value is -2.54. The van der Waals surface area contributed by atoms with Crippen LogP contribution in [0.25, 0.3) is 0 Å². The molecule has 0 amide bonds. The fraction of sp³-hybridized carbons (Fsp3) is 0.0714. The van der Waals surface area contributed by atoms with E-state index < -0.39 is 0 Å². The lowest BCUT2D eigenvalue weighted by Crippen LogP contribution is -2.00. The van der Waals surface area contributed by atoms with Gasteiger partial charge in [0.05, 0.1) is 15.4 Å². The van der Waals surface area contributed by atoms with Crippen molar-refractivity contribution >= 4 is 73.9 Å². The maximum Gasteiger partial charge on any atom is 0.174 e. The third-order valence-corrected chi connectivity index (χ3v) is 6.42. The largest absolute Gasteiger partial charge is 0.457 e. The van der Waals surface area contributed by atoms with Gasteiger partial charge in [-0.2, -0.15) is 0 Å². The highest BCUT2D eigenvalue weighted by Gasteiger charge is 2.10. The number of Topliss-reactive ketones (excluding diaryl/α,β-unsaturated/α-hetero) is 2. The van der Waals surface area contributed by atoms with Crippen molar-refractivity contribution in [3.63, 3.8) is 0 Å². The van der Waals surface area contributed by atoms with Crippen molar-refractivity contribution in [1.82, 2.24) is 0 Å². The quantitative estimate of drug-likeness (QED) is 0.149. The van der Waals surface area contributed by atoms with Gasteiger partial charge in [0.15, 0.2) is 11.6 Å². The fourth-order valence-electron chi connectivity index (χ4n) is 2.98. The SMILES string of the molecule is CC(=O)c1ccc(Oc2ccc(Cl)cc2)cc1Cl.O=C(CBr)c1ccc(Oc2ccc(Cl)cc2)cc1Cl. The summed E-state index contributed by atoms with van der Waals surface area (Å²) in [5.41, 5.74) is 0.960. The van der Waals surface area contributed by atoms with Gasteiger partial charge in [0, 0.05) is 33.3 Å². The van der Waals surface area contributed by atoms with E-state index in [2.05, 4.69) is 15.9 Å². The average molecular weight is 641 g/mol. The molecular formula is C28H19BrCl4O4. The molecular weight excluding hydrogens is 622 g/mol. The highest BCUT2D eigenvalue weighted by molar-refractivity contribution is 9.09. The van der Waals surface area contributed by atoms with Gasteiger partial charge in [0.25, 0.3) is 0 Å². The predicted molar refractivity (Wildman–Crippen MR) is 154 cm³/mol. The monoisotopic (exact) mass is 638 g/mol. The van der Waals surface area contributed by atoms with E-state index in [0.717, 1.165) is 0 Å². The number of ketones is 2. The number of hydrogen-bond donors (Lipinski definition) is 0. The lowest BCUT2D eigenvalue weighted by molar-refractivity contribution is 0.101. The van der Waals surface area contributed by atoms with Gasteiger partial charge in [-0.25, -0.2) is 0 Å². The van der Waals surface area contributed by atoms with Gasteiger partial charge < -0.3 is 9.47 Å². The lowest BCUT2D eigenvalue weighted by atomic mass is 10.1. The first-order valence-corrected chi connectivity index (χ1v) is 13.4. The number of carbonyl (C=O) groups is 2. The van der Waals surface area contributed by atoms with Crippen LogP contribution < -0.4 is 9.47 Å². The van der Waals surface area contributed by atoms with E-state index in [-0.39, 0.29) is 16.9 Å². The molecule has 0 fully saturated rings. The zero-order valence-electron chi connectivity index (χ0n) is 19.3. The molecule has 0 bridgehead atoms. The van der Waals surface area contributed by atoms with Gasteiger partial charge in [-0.05, 0) is 79.7 Å². The standard InChI is InChI=1S/C14H9BrCl2O2.C14H10Cl2O2/c15-8-14(18)12-6-5-11(7-13(12)17)19-10-3-1-9(16)2-4-10;1-9(17)13-7-6-12(8-14(13)16)18-11-4-2-10(15)3-5-11/h1-7H,8H2;2-8H,1H3. The number of alkyl halides is 1. The zero-order chi connectivity index (χ0) is 26.9. The Labute approximate surface area is 243 Å². The van der Waals surface area contributed by atoms with Crippen LogP contribution in [-0.4, -0.2) is 16.9 Å². The third-order valence-electron chi connectivity index (χ3n) is 4.78. The maximum atomic E-state index is 11.6. The number of ether oxygens (including phenoxy) is 2. The van der Waals surface area contributed by atoms with Crippen molar-refractivity contribution in [3.05, 3.63) is 116 Å². The first-order valence-electron chi connectivity index (χ1n) is 10.7. The Bertz CT molecular complexity index is 1390. The minimum Gasteiger partial charge on any atom is -0.457 e. The van der Waals surface area contributed by atoms with Crippen molar-refractivity contribution in [1.29, 1.82) is 0 Å². The average Bonchev–Trinajstić information content (AvgIpc) is 2.87.